The van der Waals surface area contributed by atoms with Crippen molar-refractivity contribution < 1.29 is 0 Å². The molecule has 1 aromatic heterocycles. The molecule has 1 heterocycles. The number of nitrogens with zero attached hydrogens (tertiary/aromatic N) is 2. The van der Waals surface area contributed by atoms with Crippen LogP contribution in [0, 0.1) is 12.3 Å². The molecule has 108 valence electrons. The third-order valence-corrected chi connectivity index (χ3v) is 2.81. The van der Waals surface area contributed by atoms with Crippen LogP contribution < -0.4 is 11.1 Å². The van der Waals surface area contributed by atoms with Crippen LogP contribution >= 0.6 is 0 Å². The number of nitrogens with one attached hydrogen (secondary N) is 1. The van der Waals surface area contributed by atoms with Crippen molar-refractivity contribution in [2.75, 3.05) is 11.9 Å². The average molecular weight is 264 g/mol. The first kappa shape index (κ1) is 15.9. The molecule has 4 nitrogen and oxygen atoms in total. The lowest BCUT2D eigenvalue weighted by molar-refractivity contribution is 0.344. The molecule has 4 heteroatoms. The first-order valence-corrected chi connectivity index (χ1v) is 7.02. The molecule has 0 aliphatic carbocycles. The maximum Gasteiger partial charge on any atom is 0.133 e. The van der Waals surface area contributed by atoms with E-state index in [1.54, 1.807) is 0 Å². The zero-order chi connectivity index (χ0) is 14.6. The molecule has 19 heavy (non-hydrogen) atoms. The van der Waals surface area contributed by atoms with Crippen molar-refractivity contribution in [3.05, 3.63) is 17.6 Å². The molecule has 0 fully saturated rings. The summed E-state index contributed by atoms with van der Waals surface area (Å²) < 4.78 is 0. The lowest BCUT2D eigenvalue weighted by Gasteiger charge is -2.23. The second-order valence-electron chi connectivity index (χ2n) is 6.81. The van der Waals surface area contributed by atoms with Gasteiger partial charge in [-0.3, -0.25) is 0 Å². The van der Waals surface area contributed by atoms with Gasteiger partial charge in [0.25, 0.3) is 0 Å². The zero-order valence-electron chi connectivity index (χ0n) is 13.1. The first-order chi connectivity index (χ1) is 8.67. The molecule has 0 bridgehead atoms. The number of aryl methyl sites for hydroxylation is 1. The van der Waals surface area contributed by atoms with E-state index in [-0.39, 0.29) is 11.5 Å². The predicted octanol–water partition coefficient (Wildman–Crippen LogP) is 3.08. The van der Waals surface area contributed by atoms with E-state index in [0.717, 1.165) is 30.3 Å². The minimum Gasteiger partial charge on any atom is -0.368 e. The van der Waals surface area contributed by atoms with Gasteiger partial charge in [-0.05, 0) is 18.8 Å². The van der Waals surface area contributed by atoms with E-state index >= 15 is 0 Å². The van der Waals surface area contributed by atoms with Crippen LogP contribution in [0.25, 0.3) is 0 Å². The summed E-state index contributed by atoms with van der Waals surface area (Å²) in [5.41, 5.74) is 7.38. The van der Waals surface area contributed by atoms with Crippen LogP contribution in [-0.2, 0) is 0 Å². The van der Waals surface area contributed by atoms with Gasteiger partial charge in [0, 0.05) is 30.3 Å². The molecular weight excluding hydrogens is 236 g/mol. The van der Waals surface area contributed by atoms with Gasteiger partial charge >= 0.3 is 0 Å². The van der Waals surface area contributed by atoms with Gasteiger partial charge in [-0.15, -0.1) is 0 Å². The van der Waals surface area contributed by atoms with Crippen molar-refractivity contribution in [1.82, 2.24) is 9.97 Å². The van der Waals surface area contributed by atoms with Crippen molar-refractivity contribution in [3.63, 3.8) is 0 Å². The Balaban J connectivity index is 2.62. The van der Waals surface area contributed by atoms with Gasteiger partial charge in [-0.1, -0.05) is 34.6 Å². The van der Waals surface area contributed by atoms with Gasteiger partial charge in [0.2, 0.25) is 0 Å². The Morgan fingerprint density at radius 1 is 1.26 bits per heavy atom. The monoisotopic (exact) mass is 264 g/mol. The third-order valence-electron chi connectivity index (χ3n) is 2.81. The van der Waals surface area contributed by atoms with Crippen LogP contribution in [0.5, 0.6) is 0 Å². The van der Waals surface area contributed by atoms with Crippen molar-refractivity contribution in [2.45, 2.75) is 59.9 Å². The number of hydrogen-bond donors (Lipinski definition) is 2. The van der Waals surface area contributed by atoms with Gasteiger partial charge in [0.1, 0.15) is 11.6 Å². The summed E-state index contributed by atoms with van der Waals surface area (Å²) in [6, 6.07) is 2.10. The van der Waals surface area contributed by atoms with Crippen LogP contribution in [0.2, 0.25) is 0 Å². The molecule has 0 amide bonds. The molecule has 0 saturated carbocycles. The van der Waals surface area contributed by atoms with E-state index in [0.29, 0.717) is 5.92 Å². The molecule has 0 aliphatic rings. The topological polar surface area (TPSA) is 63.8 Å². The normalized spacial score (nSPS) is 13.7. The highest BCUT2D eigenvalue weighted by molar-refractivity contribution is 5.36. The second-order valence-corrected chi connectivity index (χ2v) is 6.81. The van der Waals surface area contributed by atoms with E-state index in [4.69, 9.17) is 5.73 Å². The van der Waals surface area contributed by atoms with Gasteiger partial charge in [0.15, 0.2) is 0 Å². The standard InChI is InChI=1S/C15H28N4/c1-10(2)14-18-11(3)7-13(19-14)17-9-12(16)8-15(4,5)6/h7,10,12H,8-9,16H2,1-6H3,(H,17,18,19). The number of hydrogen-bond acceptors (Lipinski definition) is 4. The Bertz CT molecular complexity index is 407. The third kappa shape index (κ3) is 6.01. The molecule has 0 spiro atoms. The maximum atomic E-state index is 6.14. The molecule has 0 radical (unpaired) electrons. The summed E-state index contributed by atoms with van der Waals surface area (Å²) in [6.45, 7) is 13.6. The molecule has 3 N–H and O–H groups in total. The molecule has 0 aliphatic heterocycles. The van der Waals surface area contributed by atoms with Crippen LogP contribution in [-0.4, -0.2) is 22.6 Å². The SMILES string of the molecule is Cc1cc(NCC(N)CC(C)(C)C)nc(C(C)C)n1. The fourth-order valence-corrected chi connectivity index (χ4v) is 2.03. The first-order valence-electron chi connectivity index (χ1n) is 7.02. The number of rotatable bonds is 5. The Kier molecular flexibility index (Phi) is 5.29. The summed E-state index contributed by atoms with van der Waals surface area (Å²) in [5.74, 6) is 2.09. The highest BCUT2D eigenvalue weighted by atomic mass is 15.0. The van der Waals surface area contributed by atoms with Crippen LogP contribution in [0.1, 0.15) is 58.5 Å². The molecule has 0 saturated heterocycles. The number of anilines is 1. The quantitative estimate of drug-likeness (QED) is 0.858. The molecule has 0 aromatic carbocycles. The molecular formula is C15H28N4. The zero-order valence-corrected chi connectivity index (χ0v) is 13.1. The summed E-state index contributed by atoms with van der Waals surface area (Å²) in [7, 11) is 0. The molecule has 1 aromatic rings. The van der Waals surface area contributed by atoms with E-state index in [1.807, 2.05) is 13.0 Å². The Morgan fingerprint density at radius 3 is 2.42 bits per heavy atom. The van der Waals surface area contributed by atoms with E-state index in [1.165, 1.54) is 0 Å². The summed E-state index contributed by atoms with van der Waals surface area (Å²) in [5, 5.41) is 3.33. The summed E-state index contributed by atoms with van der Waals surface area (Å²) >= 11 is 0. The maximum absolute atomic E-state index is 6.14. The number of nitrogens with two attached hydrogens (primary N) is 1. The smallest absolute Gasteiger partial charge is 0.133 e. The second kappa shape index (κ2) is 6.33. The van der Waals surface area contributed by atoms with E-state index in [2.05, 4.69) is 49.9 Å². The molecule has 1 rings (SSSR count). The minimum absolute atomic E-state index is 0.137. The summed E-state index contributed by atoms with van der Waals surface area (Å²) in [6.07, 6.45) is 0.987. The van der Waals surface area contributed by atoms with Gasteiger partial charge in [-0.2, -0.15) is 0 Å². The summed E-state index contributed by atoms with van der Waals surface area (Å²) in [4.78, 5) is 8.96. The highest BCUT2D eigenvalue weighted by Crippen LogP contribution is 2.20. The highest BCUT2D eigenvalue weighted by Gasteiger charge is 2.15. The minimum atomic E-state index is 0.137. The Labute approximate surface area is 117 Å². The molecule has 1 atom stereocenters. The van der Waals surface area contributed by atoms with Crippen LogP contribution in [0.4, 0.5) is 5.82 Å². The number of aromatic nitrogens is 2. The average Bonchev–Trinajstić information content (AvgIpc) is 2.23. The van der Waals surface area contributed by atoms with Crippen LogP contribution in [0.3, 0.4) is 0 Å². The Hall–Kier alpha value is -1.16. The van der Waals surface area contributed by atoms with Crippen molar-refractivity contribution >= 4 is 5.82 Å². The van der Waals surface area contributed by atoms with E-state index in [9.17, 15) is 0 Å². The predicted molar refractivity (Wildman–Crippen MR) is 81.4 cm³/mol. The fraction of sp³-hybridized carbons (Fsp3) is 0.733. The van der Waals surface area contributed by atoms with E-state index < -0.39 is 0 Å². The molecule has 1 unspecified atom stereocenters. The fourth-order valence-electron chi connectivity index (χ4n) is 2.03. The van der Waals surface area contributed by atoms with Crippen molar-refractivity contribution in [2.24, 2.45) is 11.1 Å². The van der Waals surface area contributed by atoms with Crippen LogP contribution in [0.15, 0.2) is 6.07 Å². The largest absolute Gasteiger partial charge is 0.368 e. The van der Waals surface area contributed by atoms with Crippen molar-refractivity contribution in [1.29, 1.82) is 0 Å². The Morgan fingerprint density at radius 2 is 1.89 bits per heavy atom. The van der Waals surface area contributed by atoms with Gasteiger partial charge in [0.05, 0.1) is 0 Å². The lowest BCUT2D eigenvalue weighted by atomic mass is 9.88. The van der Waals surface area contributed by atoms with Gasteiger partial charge in [-0.25, -0.2) is 9.97 Å². The van der Waals surface area contributed by atoms with Gasteiger partial charge < -0.3 is 11.1 Å². The lowest BCUT2D eigenvalue weighted by Crippen LogP contribution is -2.33. The van der Waals surface area contributed by atoms with Crippen molar-refractivity contribution in [3.8, 4) is 0 Å².